The molecule has 36 heavy (non-hydrogen) atoms. The topological polar surface area (TPSA) is 293 Å². The van der Waals surface area contributed by atoms with Gasteiger partial charge in [0, 0.05) is 66.0 Å². The maximum Gasteiger partial charge on any atom is 0.397 e. The Morgan fingerprint density at radius 1 is 1.00 bits per heavy atom. The van der Waals surface area contributed by atoms with Crippen molar-refractivity contribution in [2.75, 3.05) is 13.2 Å². The fraction of sp³-hybridized carbons (Fsp3) is 0.857. The second-order valence-electron chi connectivity index (χ2n) is 6.96. The molecule has 1 amide bonds. The molecule has 1 saturated heterocycles. The summed E-state index contributed by atoms with van der Waals surface area (Å²) in [4.78, 5) is 22.5. The van der Waals surface area contributed by atoms with E-state index in [1.165, 1.54) is 0 Å². The molecule has 1 aliphatic rings. The van der Waals surface area contributed by atoms with Crippen LogP contribution in [0.5, 0.6) is 0 Å². The van der Waals surface area contributed by atoms with Crippen molar-refractivity contribution in [2.24, 2.45) is 0 Å². The quantitative estimate of drug-likeness (QED) is 0.0562. The Morgan fingerprint density at radius 2 is 1.53 bits per heavy atom. The molecule has 1 fully saturated rings. The van der Waals surface area contributed by atoms with Crippen LogP contribution in [0.25, 0.3) is 0 Å². The van der Waals surface area contributed by atoms with Crippen molar-refractivity contribution in [3.63, 3.8) is 0 Å². The smallest absolute Gasteiger partial charge is 0.388 e. The molecule has 0 aromatic rings. The van der Waals surface area contributed by atoms with Gasteiger partial charge in [0.25, 0.3) is 0 Å². The number of hydrogen-bond donors (Lipinski definition) is 8. The first kappa shape index (κ1) is 38.7. The third kappa shape index (κ3) is 13.1. The standard InChI is InChI=1S/C14H25NO17S2.2Na/c1-5(17)15-6(2-16)9(19)13(7(18)3-29-33(23,24)25)32-14-12(22)11(21)10(20)8(31-14)4-30-34(26,27)28;;/h2,6-14,18-22H,3-4H2,1H3,(H,15,17)(H,23,24,25)(H,26,27,28);;/t6-,7+,8+,9+,10-,11-,12+,13+,14-;;/m0../s1. The van der Waals surface area contributed by atoms with Crippen LogP contribution in [0.2, 0.25) is 0 Å². The van der Waals surface area contributed by atoms with Crippen LogP contribution in [0, 0.1) is 0 Å². The number of nitrogens with one attached hydrogen (secondary N) is 1. The van der Waals surface area contributed by atoms with Gasteiger partial charge in [-0.1, -0.05) is 0 Å². The van der Waals surface area contributed by atoms with Gasteiger partial charge in [-0.05, 0) is 0 Å². The minimum Gasteiger partial charge on any atom is -0.388 e. The summed E-state index contributed by atoms with van der Waals surface area (Å²) < 4.78 is 78.6. The van der Waals surface area contributed by atoms with Crippen LogP contribution in [0.3, 0.4) is 0 Å². The minimum atomic E-state index is -5.10. The van der Waals surface area contributed by atoms with E-state index in [0.29, 0.717) is 0 Å². The van der Waals surface area contributed by atoms with Crippen molar-refractivity contribution < 1.29 is 78.9 Å². The largest absolute Gasteiger partial charge is 0.397 e. The van der Waals surface area contributed by atoms with E-state index in [4.69, 9.17) is 18.6 Å². The molecule has 0 bridgehead atoms. The van der Waals surface area contributed by atoms with Gasteiger partial charge in [-0.15, -0.1) is 0 Å². The van der Waals surface area contributed by atoms with Crippen LogP contribution in [0.15, 0.2) is 0 Å². The molecule has 1 aliphatic heterocycles. The Bertz CT molecular complexity index is 905. The number of carbonyl (C=O) groups is 2. The molecule has 0 aromatic heterocycles. The van der Waals surface area contributed by atoms with Gasteiger partial charge in [-0.25, -0.2) is 8.37 Å². The average molecular weight is 589 g/mol. The van der Waals surface area contributed by atoms with E-state index in [2.05, 4.69) is 8.37 Å². The minimum absolute atomic E-state index is 0. The van der Waals surface area contributed by atoms with Gasteiger partial charge in [-0.3, -0.25) is 13.9 Å². The predicted octanol–water partition coefficient (Wildman–Crippen LogP) is -6.52. The van der Waals surface area contributed by atoms with Crippen molar-refractivity contribution in [3.05, 3.63) is 0 Å². The van der Waals surface area contributed by atoms with Crippen LogP contribution >= 0.6 is 0 Å². The van der Waals surface area contributed by atoms with Crippen LogP contribution in [-0.4, -0.2) is 191 Å². The molecule has 1 rings (SSSR count). The summed E-state index contributed by atoms with van der Waals surface area (Å²) in [5.74, 6) is -0.825. The summed E-state index contributed by atoms with van der Waals surface area (Å²) in [6.07, 6.45) is -16.7. The number of aliphatic hydroxyl groups excluding tert-OH is 5. The van der Waals surface area contributed by atoms with Gasteiger partial charge in [0.15, 0.2) is 6.29 Å². The van der Waals surface area contributed by atoms with Crippen molar-refractivity contribution in [1.82, 2.24) is 5.32 Å². The van der Waals surface area contributed by atoms with Crippen LogP contribution in [0.4, 0.5) is 0 Å². The zero-order chi connectivity index (χ0) is 26.4. The number of carbonyl (C=O) groups excluding carboxylic acids is 2. The van der Waals surface area contributed by atoms with Crippen LogP contribution in [-0.2, 0) is 48.2 Å². The van der Waals surface area contributed by atoms with Gasteiger partial charge < -0.3 is 45.1 Å². The maximum atomic E-state index is 11.3. The molecule has 0 aromatic carbocycles. The Labute approximate surface area is 249 Å². The Morgan fingerprint density at radius 3 is 1.97 bits per heavy atom. The maximum absolute atomic E-state index is 11.3. The summed E-state index contributed by atoms with van der Waals surface area (Å²) in [7, 11) is -10.1. The molecular weight excluding hydrogens is 564 g/mol. The normalized spacial score (nSPS) is 27.9. The van der Waals surface area contributed by atoms with E-state index < -0.39 is 95.0 Å². The fourth-order valence-corrected chi connectivity index (χ4v) is 3.38. The zero-order valence-electron chi connectivity index (χ0n) is 19.2. The van der Waals surface area contributed by atoms with Gasteiger partial charge in [0.2, 0.25) is 5.91 Å². The second-order valence-corrected chi connectivity index (χ2v) is 9.14. The molecular formula is C14H25NNa2O17S2. The third-order valence-corrected chi connectivity index (χ3v) is 5.20. The number of rotatable bonds is 13. The van der Waals surface area contributed by atoms with E-state index in [1.54, 1.807) is 0 Å². The fourth-order valence-electron chi connectivity index (χ4n) is 2.76. The molecule has 202 valence electrons. The first-order valence-electron chi connectivity index (χ1n) is 9.14. The summed E-state index contributed by atoms with van der Waals surface area (Å²) in [6.45, 7) is -1.42. The Hall–Kier alpha value is 0.600. The van der Waals surface area contributed by atoms with Gasteiger partial charge in [0.05, 0.1) is 13.2 Å². The molecule has 9 atom stereocenters. The number of ether oxygens (including phenoxy) is 2. The first-order valence-corrected chi connectivity index (χ1v) is 11.9. The average Bonchev–Trinajstić information content (AvgIpc) is 2.71. The molecule has 18 nitrogen and oxygen atoms in total. The SMILES string of the molecule is CC(=O)N[C@@H](C=O)[C@@H](O)[C@H](O[C@@H]1O[C@H](COS(=O)(=O)O)[C@H](O)[C@H](O)[C@H]1O)[C@H](O)COS(=O)(=O)O.[Na].[Na]. The first-order chi connectivity index (χ1) is 15.5. The Kier molecular flexibility index (Phi) is 17.9. The second kappa shape index (κ2) is 16.6. The van der Waals surface area contributed by atoms with Gasteiger partial charge >= 0.3 is 20.8 Å². The van der Waals surface area contributed by atoms with Crippen LogP contribution in [0.1, 0.15) is 6.92 Å². The molecule has 2 radical (unpaired) electrons. The van der Waals surface area contributed by atoms with E-state index in [0.717, 1.165) is 6.92 Å². The van der Waals surface area contributed by atoms with E-state index in [-0.39, 0.29) is 65.4 Å². The molecule has 22 heteroatoms. The van der Waals surface area contributed by atoms with Crippen molar-refractivity contribution in [1.29, 1.82) is 0 Å². The predicted molar refractivity (Wildman–Crippen MR) is 114 cm³/mol. The summed E-state index contributed by atoms with van der Waals surface area (Å²) in [5.41, 5.74) is 0. The monoisotopic (exact) mass is 589 g/mol. The van der Waals surface area contributed by atoms with Crippen molar-refractivity contribution >= 4 is 92.1 Å². The summed E-state index contributed by atoms with van der Waals surface area (Å²) in [5, 5.41) is 52.7. The molecule has 0 unspecified atom stereocenters. The molecule has 0 aliphatic carbocycles. The summed E-state index contributed by atoms with van der Waals surface area (Å²) in [6, 6.07) is -1.78. The Balaban J connectivity index is 0. The zero-order valence-corrected chi connectivity index (χ0v) is 24.9. The number of amides is 1. The molecule has 0 saturated carbocycles. The summed E-state index contributed by atoms with van der Waals surface area (Å²) >= 11 is 0. The van der Waals surface area contributed by atoms with Crippen molar-refractivity contribution in [3.8, 4) is 0 Å². The number of aldehydes is 1. The molecule has 8 N–H and O–H groups in total. The van der Waals surface area contributed by atoms with Crippen molar-refractivity contribution in [2.45, 2.75) is 62.0 Å². The van der Waals surface area contributed by atoms with E-state index in [1.807, 2.05) is 5.32 Å². The molecule has 1 heterocycles. The van der Waals surface area contributed by atoms with Gasteiger partial charge in [0.1, 0.15) is 55.1 Å². The number of aliphatic hydroxyl groups is 5. The van der Waals surface area contributed by atoms with E-state index >= 15 is 0 Å². The molecule has 0 spiro atoms. The van der Waals surface area contributed by atoms with Gasteiger partial charge in [-0.2, -0.15) is 16.8 Å². The third-order valence-electron chi connectivity index (χ3n) is 4.33. The number of hydrogen-bond acceptors (Lipinski definition) is 15. The van der Waals surface area contributed by atoms with E-state index in [9.17, 15) is 52.0 Å². The van der Waals surface area contributed by atoms with Crippen LogP contribution < -0.4 is 5.32 Å².